The van der Waals surface area contributed by atoms with Crippen molar-refractivity contribution < 1.29 is 4.42 Å². The highest BCUT2D eigenvalue weighted by Crippen LogP contribution is 2.56. The van der Waals surface area contributed by atoms with E-state index in [1.807, 2.05) is 11.3 Å². The smallest absolute Gasteiger partial charge is 0.264 e. The van der Waals surface area contributed by atoms with E-state index >= 15 is 0 Å². The van der Waals surface area contributed by atoms with E-state index in [2.05, 4.69) is 255 Å². The lowest BCUT2D eigenvalue weighted by Gasteiger charge is -2.45. The second-order valence-corrected chi connectivity index (χ2v) is 27.3. The molecule has 0 bridgehead atoms. The maximum atomic E-state index is 6.74. The van der Waals surface area contributed by atoms with Crippen LogP contribution < -0.4 is 30.4 Å². The van der Waals surface area contributed by atoms with Crippen LogP contribution in [0.4, 0.5) is 51.2 Å². The van der Waals surface area contributed by atoms with Gasteiger partial charge in [-0.1, -0.05) is 155 Å². The number of benzene rings is 8. The molecule has 8 aromatic carbocycles. The van der Waals surface area contributed by atoms with Crippen LogP contribution in [0.25, 0.3) is 32.0 Å². The summed E-state index contributed by atoms with van der Waals surface area (Å²) in [6.07, 6.45) is 4.65. The van der Waals surface area contributed by atoms with E-state index in [1.165, 1.54) is 94.9 Å². The summed E-state index contributed by atoms with van der Waals surface area (Å²) >= 11 is 2.04. The van der Waals surface area contributed by atoms with Crippen molar-refractivity contribution in [3.63, 3.8) is 0 Å². The summed E-state index contributed by atoms with van der Waals surface area (Å²) in [6.45, 7) is 26.8. The second-order valence-electron chi connectivity index (χ2n) is 26.3. The Balaban J connectivity index is 1.17. The summed E-state index contributed by atoms with van der Waals surface area (Å²) in [7, 11) is 0. The van der Waals surface area contributed by atoms with E-state index < -0.39 is 0 Å². The minimum Gasteiger partial charge on any atom is -0.456 e. The lowest BCUT2D eigenvalue weighted by atomic mass is 9.36. The van der Waals surface area contributed by atoms with E-state index in [1.54, 1.807) is 0 Å². The Hall–Kier alpha value is -7.02. The quantitative estimate of drug-likeness (QED) is 0.160. The molecule has 0 saturated carbocycles. The summed E-state index contributed by atoms with van der Waals surface area (Å²) in [5.74, 6) is 0. The summed E-state index contributed by atoms with van der Waals surface area (Å²) in [4.78, 5) is 7.81. The predicted molar refractivity (Wildman–Crippen MR) is 327 cm³/mol. The van der Waals surface area contributed by atoms with Gasteiger partial charge in [0.2, 0.25) is 0 Å². The highest BCUT2D eigenvalue weighted by atomic mass is 32.1. The molecule has 0 atom stereocenters. The first-order valence-corrected chi connectivity index (χ1v) is 28.6. The van der Waals surface area contributed by atoms with Crippen molar-refractivity contribution in [2.24, 2.45) is 0 Å². The van der Waals surface area contributed by atoms with Gasteiger partial charge in [-0.05, 0) is 176 Å². The van der Waals surface area contributed by atoms with Gasteiger partial charge >= 0.3 is 0 Å². The molecule has 0 spiro atoms. The van der Waals surface area contributed by atoms with E-state index in [9.17, 15) is 0 Å². The number of rotatable bonds is 5. The molecule has 10 aromatic rings. The van der Waals surface area contributed by atoms with Crippen molar-refractivity contribution in [1.29, 1.82) is 0 Å². The van der Waals surface area contributed by atoms with Crippen LogP contribution in [0.1, 0.15) is 130 Å². The van der Waals surface area contributed by atoms with Crippen LogP contribution in [0.3, 0.4) is 0 Å². The van der Waals surface area contributed by atoms with Gasteiger partial charge in [0.1, 0.15) is 11.2 Å². The van der Waals surface area contributed by atoms with Gasteiger partial charge in [0.25, 0.3) is 6.71 Å². The molecule has 2 aliphatic carbocycles. The molecule has 4 heterocycles. The van der Waals surface area contributed by atoms with Crippen LogP contribution >= 0.6 is 11.3 Å². The zero-order valence-electron chi connectivity index (χ0n) is 46.2. The number of nitrogens with zero attached hydrogens (tertiary/aromatic N) is 3. The SMILES string of the molecule is CC(C)(C)c1ccc2c(c1)B1c3sc4cc5c(cc4c3N(c3ccc4c(c3)C(C)(C)CCC4(C)C)c3cc(N(c4ccccc4)c4ccccc4)cc(c31)N2c1cccc2oc3ccccc3c12)C(C)(C)CCC5(C)C. The third-order valence-electron chi connectivity index (χ3n) is 18.5. The van der Waals surface area contributed by atoms with Gasteiger partial charge in [-0.15, -0.1) is 11.3 Å². The molecule has 0 saturated heterocycles. The van der Waals surface area contributed by atoms with Crippen molar-refractivity contribution in [3.05, 3.63) is 192 Å². The van der Waals surface area contributed by atoms with Crippen LogP contribution in [-0.2, 0) is 27.1 Å². The van der Waals surface area contributed by atoms with Crippen LogP contribution in [0.15, 0.2) is 168 Å². The first kappa shape index (κ1) is 47.4. The molecule has 378 valence electrons. The maximum Gasteiger partial charge on any atom is 0.264 e. The highest BCUT2D eigenvalue weighted by molar-refractivity contribution is 7.33. The summed E-state index contributed by atoms with van der Waals surface area (Å²) in [6, 6.07) is 62.4. The molecule has 4 aliphatic rings. The molecular weight excluding hydrogens is 942 g/mol. The van der Waals surface area contributed by atoms with Crippen LogP contribution in [-0.4, -0.2) is 6.71 Å². The Morgan fingerprint density at radius 2 is 1.07 bits per heavy atom. The Labute approximate surface area is 454 Å². The molecule has 2 aliphatic heterocycles. The van der Waals surface area contributed by atoms with E-state index in [-0.39, 0.29) is 33.8 Å². The fourth-order valence-electron chi connectivity index (χ4n) is 13.9. The topological polar surface area (TPSA) is 22.9 Å². The van der Waals surface area contributed by atoms with Crippen molar-refractivity contribution in [3.8, 4) is 0 Å². The lowest BCUT2D eigenvalue weighted by molar-refractivity contribution is 0.332. The number of anilines is 9. The largest absolute Gasteiger partial charge is 0.456 e. The Morgan fingerprint density at radius 3 is 1.72 bits per heavy atom. The Bertz CT molecular complexity index is 3980. The molecule has 6 heteroatoms. The average Bonchev–Trinajstić information content (AvgIpc) is 4.16. The van der Waals surface area contributed by atoms with Gasteiger partial charge in [0, 0.05) is 54.4 Å². The molecule has 76 heavy (non-hydrogen) atoms. The zero-order chi connectivity index (χ0) is 52.4. The van der Waals surface area contributed by atoms with Crippen molar-refractivity contribution in [2.45, 2.75) is 129 Å². The molecule has 0 unspecified atom stereocenters. The molecular formula is C70H68BN3OS. The van der Waals surface area contributed by atoms with Gasteiger partial charge in [0.15, 0.2) is 0 Å². The summed E-state index contributed by atoms with van der Waals surface area (Å²) in [5, 5.41) is 3.59. The third kappa shape index (κ3) is 7.01. The monoisotopic (exact) mass is 1010 g/mol. The molecule has 0 N–H and O–H groups in total. The number of thiophene rings is 1. The predicted octanol–water partition coefficient (Wildman–Crippen LogP) is 18.3. The number of furan rings is 1. The minimum absolute atomic E-state index is 0.0112. The number of hydrogen-bond donors (Lipinski definition) is 0. The molecule has 0 amide bonds. The van der Waals surface area contributed by atoms with Gasteiger partial charge in [0.05, 0.1) is 22.4 Å². The molecule has 2 aromatic heterocycles. The zero-order valence-corrected chi connectivity index (χ0v) is 47.0. The van der Waals surface area contributed by atoms with Crippen molar-refractivity contribution in [1.82, 2.24) is 0 Å². The number of para-hydroxylation sites is 3. The number of hydrogen-bond acceptors (Lipinski definition) is 5. The highest BCUT2D eigenvalue weighted by Gasteiger charge is 2.48. The minimum atomic E-state index is -0.0803. The maximum absolute atomic E-state index is 6.74. The van der Waals surface area contributed by atoms with Crippen LogP contribution in [0.5, 0.6) is 0 Å². The van der Waals surface area contributed by atoms with Gasteiger partial charge in [-0.2, -0.15) is 0 Å². The van der Waals surface area contributed by atoms with Crippen molar-refractivity contribution in [2.75, 3.05) is 14.7 Å². The van der Waals surface area contributed by atoms with E-state index in [0.717, 1.165) is 57.5 Å². The van der Waals surface area contributed by atoms with Crippen molar-refractivity contribution >= 4 is 117 Å². The lowest BCUT2D eigenvalue weighted by Crippen LogP contribution is -2.60. The van der Waals surface area contributed by atoms with Crippen LogP contribution in [0, 0.1) is 0 Å². The van der Waals surface area contributed by atoms with E-state index in [0.29, 0.717) is 0 Å². The molecule has 4 nitrogen and oxygen atoms in total. The van der Waals surface area contributed by atoms with E-state index in [4.69, 9.17) is 4.42 Å². The third-order valence-corrected chi connectivity index (χ3v) is 19.7. The van der Waals surface area contributed by atoms with Gasteiger partial charge in [-0.3, -0.25) is 0 Å². The fourth-order valence-corrected chi connectivity index (χ4v) is 15.3. The summed E-state index contributed by atoms with van der Waals surface area (Å²) < 4.78 is 9.52. The normalized spacial score (nSPS) is 17.5. The average molecular weight is 1010 g/mol. The molecule has 0 fully saturated rings. The molecule has 14 rings (SSSR count). The van der Waals surface area contributed by atoms with Gasteiger partial charge < -0.3 is 19.1 Å². The standard InChI is InChI=1S/C70H68BN3OS/c1-66(2,3)43-29-32-55-54(37-43)71-63-57(39-47(72(44-21-14-12-15-22-44)45-23-16-13-17-24-45)40-58(63)74(55)56-26-20-28-60-62(56)48-25-18-19-27-59(48)75-60)73(46-30-31-50-51(38-46)68(6,7)34-33-67(50,4)5)64-49-41-52-53(42-61(49)76-65(64)71)70(10,11)36-35-69(52,8)9/h12-32,37-42H,33-36H2,1-11H3. The molecule has 0 radical (unpaired) electrons. The Kier molecular flexibility index (Phi) is 10.1. The van der Waals surface area contributed by atoms with Crippen LogP contribution in [0.2, 0.25) is 0 Å². The number of fused-ring (bicyclic) bond motifs is 11. The second kappa shape index (κ2) is 16.3. The first-order valence-electron chi connectivity index (χ1n) is 27.8. The fraction of sp³-hybridized carbons (Fsp3) is 0.286. The van der Waals surface area contributed by atoms with Gasteiger partial charge in [-0.25, -0.2) is 0 Å². The first-order chi connectivity index (χ1) is 36.3. The summed E-state index contributed by atoms with van der Waals surface area (Å²) in [5.41, 5.74) is 22.4. The Morgan fingerprint density at radius 1 is 0.487 bits per heavy atom.